The van der Waals surface area contributed by atoms with Crippen LogP contribution in [0.5, 0.6) is 5.75 Å². The van der Waals surface area contributed by atoms with E-state index in [1.54, 1.807) is 0 Å². The first-order chi connectivity index (χ1) is 9.58. The molecule has 0 aromatic heterocycles. The van der Waals surface area contributed by atoms with E-state index in [9.17, 15) is 14.3 Å². The number of phenols is 1. The summed E-state index contributed by atoms with van der Waals surface area (Å²) in [5.41, 5.74) is 0.362. The molecular formula is C14H17FN2O3. The normalized spacial score (nSPS) is 21.2. The molecule has 1 aliphatic rings. The van der Waals surface area contributed by atoms with Gasteiger partial charge in [-0.05, 0) is 18.6 Å². The molecule has 1 aromatic rings. The Hall–Kier alpha value is -2.11. The summed E-state index contributed by atoms with van der Waals surface area (Å²) < 4.78 is 13.7. The van der Waals surface area contributed by atoms with Gasteiger partial charge in [-0.15, -0.1) is 0 Å². The van der Waals surface area contributed by atoms with Crippen LogP contribution in [0, 0.1) is 11.7 Å². The minimum absolute atomic E-state index is 0.0355. The second-order valence-electron chi connectivity index (χ2n) is 4.83. The van der Waals surface area contributed by atoms with E-state index in [4.69, 9.17) is 5.21 Å². The third kappa shape index (κ3) is 2.59. The molecule has 1 amide bonds. The molecule has 1 heterocycles. The van der Waals surface area contributed by atoms with Crippen LogP contribution in [0.3, 0.4) is 0 Å². The summed E-state index contributed by atoms with van der Waals surface area (Å²) in [5, 5.41) is 21.8. The number of hydrogen-bond donors (Lipinski definition) is 2. The van der Waals surface area contributed by atoms with Crippen LogP contribution in [0.15, 0.2) is 23.4 Å². The highest BCUT2D eigenvalue weighted by Gasteiger charge is 2.30. The van der Waals surface area contributed by atoms with Crippen LogP contribution in [0.4, 0.5) is 4.39 Å². The van der Waals surface area contributed by atoms with Crippen molar-refractivity contribution in [3.05, 3.63) is 29.6 Å². The molecule has 0 radical (unpaired) electrons. The van der Waals surface area contributed by atoms with E-state index in [1.165, 1.54) is 17.0 Å². The average molecular weight is 280 g/mol. The van der Waals surface area contributed by atoms with E-state index < -0.39 is 11.7 Å². The van der Waals surface area contributed by atoms with Crippen molar-refractivity contribution in [3.8, 4) is 5.75 Å². The predicted octanol–water partition coefficient (Wildman–Crippen LogP) is 2.23. The van der Waals surface area contributed by atoms with Gasteiger partial charge in [0.25, 0.3) is 5.91 Å². The third-order valence-corrected chi connectivity index (χ3v) is 3.66. The summed E-state index contributed by atoms with van der Waals surface area (Å²) in [6.07, 6.45) is 1.18. The molecule has 0 saturated carbocycles. The van der Waals surface area contributed by atoms with Crippen molar-refractivity contribution in [1.82, 2.24) is 4.90 Å². The number of phenolic OH excluding ortho intramolecular Hbond substituents is 1. The highest BCUT2D eigenvalue weighted by atomic mass is 19.1. The molecule has 0 aliphatic carbocycles. The monoisotopic (exact) mass is 280 g/mol. The van der Waals surface area contributed by atoms with Gasteiger partial charge in [0, 0.05) is 25.4 Å². The van der Waals surface area contributed by atoms with Crippen molar-refractivity contribution in [2.75, 3.05) is 13.1 Å². The zero-order valence-corrected chi connectivity index (χ0v) is 11.2. The molecule has 1 aromatic carbocycles. The minimum Gasteiger partial charge on any atom is -0.507 e. The van der Waals surface area contributed by atoms with Crippen LogP contribution in [0.2, 0.25) is 0 Å². The van der Waals surface area contributed by atoms with E-state index in [-0.39, 0.29) is 17.2 Å². The molecular weight excluding hydrogens is 263 g/mol. The summed E-state index contributed by atoms with van der Waals surface area (Å²) in [7, 11) is 0. The number of rotatable bonds is 2. The SMILES string of the molecule is CCC1CN(C(=O)c2c(O)cccc2F)CC/C1=N\O. The van der Waals surface area contributed by atoms with Crippen LogP contribution in [0.25, 0.3) is 0 Å². The van der Waals surface area contributed by atoms with Gasteiger partial charge in [0.1, 0.15) is 17.1 Å². The molecule has 1 atom stereocenters. The van der Waals surface area contributed by atoms with Gasteiger partial charge < -0.3 is 15.2 Å². The zero-order chi connectivity index (χ0) is 14.7. The lowest BCUT2D eigenvalue weighted by Gasteiger charge is -2.33. The summed E-state index contributed by atoms with van der Waals surface area (Å²) in [6, 6.07) is 3.79. The number of piperidine rings is 1. The largest absolute Gasteiger partial charge is 0.507 e. The quantitative estimate of drug-likeness (QED) is 0.644. The van der Waals surface area contributed by atoms with Gasteiger partial charge in [0.2, 0.25) is 0 Å². The second kappa shape index (κ2) is 5.90. The molecule has 1 saturated heterocycles. The average Bonchev–Trinajstić information content (AvgIpc) is 2.46. The number of aromatic hydroxyl groups is 1. The van der Waals surface area contributed by atoms with Crippen molar-refractivity contribution < 1.29 is 19.5 Å². The van der Waals surface area contributed by atoms with Crippen LogP contribution >= 0.6 is 0 Å². The number of likely N-dealkylation sites (tertiary alicyclic amines) is 1. The van der Waals surface area contributed by atoms with Crippen LogP contribution in [-0.4, -0.2) is 39.9 Å². The zero-order valence-electron chi connectivity index (χ0n) is 11.2. The van der Waals surface area contributed by atoms with Gasteiger partial charge >= 0.3 is 0 Å². The highest BCUT2D eigenvalue weighted by molar-refractivity contribution is 5.98. The van der Waals surface area contributed by atoms with Crippen LogP contribution < -0.4 is 0 Å². The Morgan fingerprint density at radius 2 is 2.30 bits per heavy atom. The molecule has 108 valence electrons. The Morgan fingerprint density at radius 1 is 1.55 bits per heavy atom. The highest BCUT2D eigenvalue weighted by Crippen LogP contribution is 2.25. The lowest BCUT2D eigenvalue weighted by molar-refractivity contribution is 0.0721. The predicted molar refractivity (Wildman–Crippen MR) is 71.6 cm³/mol. The van der Waals surface area contributed by atoms with Gasteiger partial charge in [0.05, 0.1) is 5.71 Å². The second-order valence-corrected chi connectivity index (χ2v) is 4.83. The smallest absolute Gasteiger partial charge is 0.260 e. The minimum atomic E-state index is -0.732. The van der Waals surface area contributed by atoms with Crippen LogP contribution in [-0.2, 0) is 0 Å². The Bertz CT molecular complexity index is 525. The fourth-order valence-corrected chi connectivity index (χ4v) is 2.48. The molecule has 5 nitrogen and oxygen atoms in total. The maximum Gasteiger partial charge on any atom is 0.260 e. The number of halogens is 1. The van der Waals surface area contributed by atoms with Gasteiger partial charge in [-0.1, -0.05) is 18.1 Å². The van der Waals surface area contributed by atoms with Crippen molar-refractivity contribution in [2.45, 2.75) is 19.8 Å². The standard InChI is InChI=1S/C14H17FN2O3/c1-2-9-8-17(7-6-11(9)16-20)14(19)13-10(15)4-3-5-12(13)18/h3-5,9,18,20H,2,6-8H2,1H3/b16-11+. The van der Waals surface area contributed by atoms with Gasteiger partial charge in [-0.25, -0.2) is 4.39 Å². The first-order valence-electron chi connectivity index (χ1n) is 6.56. The Kier molecular flexibility index (Phi) is 4.22. The van der Waals surface area contributed by atoms with E-state index in [0.29, 0.717) is 25.2 Å². The number of amides is 1. The number of carbonyl (C=O) groups is 1. The Balaban J connectivity index is 2.22. The molecule has 0 bridgehead atoms. The Labute approximate surface area is 116 Å². The maximum atomic E-state index is 13.7. The Morgan fingerprint density at radius 3 is 2.90 bits per heavy atom. The van der Waals surface area contributed by atoms with Crippen molar-refractivity contribution in [1.29, 1.82) is 0 Å². The van der Waals surface area contributed by atoms with Gasteiger partial charge in [-0.2, -0.15) is 0 Å². The fourth-order valence-electron chi connectivity index (χ4n) is 2.48. The topological polar surface area (TPSA) is 73.1 Å². The van der Waals surface area contributed by atoms with Crippen molar-refractivity contribution >= 4 is 11.6 Å². The third-order valence-electron chi connectivity index (χ3n) is 3.66. The maximum absolute atomic E-state index is 13.7. The molecule has 0 spiro atoms. The summed E-state index contributed by atoms with van der Waals surface area (Å²) >= 11 is 0. The van der Waals surface area contributed by atoms with E-state index in [2.05, 4.69) is 5.16 Å². The number of carbonyl (C=O) groups excluding carboxylic acids is 1. The summed E-state index contributed by atoms with van der Waals surface area (Å²) in [6.45, 7) is 2.65. The molecule has 2 N–H and O–H groups in total. The molecule has 20 heavy (non-hydrogen) atoms. The fraction of sp³-hybridized carbons (Fsp3) is 0.429. The molecule has 6 heteroatoms. The van der Waals surface area contributed by atoms with Crippen LogP contribution in [0.1, 0.15) is 30.1 Å². The van der Waals surface area contributed by atoms with E-state index in [0.717, 1.165) is 12.5 Å². The van der Waals surface area contributed by atoms with Crippen molar-refractivity contribution in [3.63, 3.8) is 0 Å². The lowest BCUT2D eigenvalue weighted by atomic mass is 9.92. The molecule has 1 aliphatic heterocycles. The van der Waals surface area contributed by atoms with Gasteiger partial charge in [0.15, 0.2) is 0 Å². The first kappa shape index (κ1) is 14.3. The number of nitrogens with zero attached hydrogens (tertiary/aromatic N) is 2. The van der Waals surface area contributed by atoms with Crippen molar-refractivity contribution in [2.24, 2.45) is 11.1 Å². The summed E-state index contributed by atoms with van der Waals surface area (Å²) in [5.74, 6) is -1.66. The molecule has 1 unspecified atom stereocenters. The molecule has 1 fully saturated rings. The number of benzene rings is 1. The van der Waals surface area contributed by atoms with Gasteiger partial charge in [-0.3, -0.25) is 4.79 Å². The number of oxime groups is 1. The van der Waals surface area contributed by atoms with E-state index in [1.807, 2.05) is 6.92 Å². The lowest BCUT2D eigenvalue weighted by Crippen LogP contribution is -2.44. The molecule has 2 rings (SSSR count). The van der Waals surface area contributed by atoms with E-state index >= 15 is 0 Å². The number of hydrogen-bond acceptors (Lipinski definition) is 4. The first-order valence-corrected chi connectivity index (χ1v) is 6.56. The summed E-state index contributed by atoms with van der Waals surface area (Å²) in [4.78, 5) is 13.8.